The molecule has 2 unspecified atom stereocenters. The Hall–Kier alpha value is -4.41. The number of nitrogens with zero attached hydrogens (tertiary/aromatic N) is 2. The van der Waals surface area contributed by atoms with Gasteiger partial charge in [0, 0.05) is 69.9 Å². The molecule has 0 spiro atoms. The van der Waals surface area contributed by atoms with E-state index in [4.69, 9.17) is 11.6 Å². The van der Waals surface area contributed by atoms with Crippen LogP contribution in [0.2, 0.25) is 5.02 Å². The summed E-state index contributed by atoms with van der Waals surface area (Å²) in [7, 11) is 0. The lowest BCUT2D eigenvalue weighted by molar-refractivity contribution is -0.137. The van der Waals surface area contributed by atoms with Crippen LogP contribution in [0.25, 0.3) is 0 Å². The van der Waals surface area contributed by atoms with Gasteiger partial charge in [-0.25, -0.2) is 0 Å². The van der Waals surface area contributed by atoms with Gasteiger partial charge in [0.25, 0.3) is 5.91 Å². The van der Waals surface area contributed by atoms with Crippen LogP contribution in [-0.4, -0.2) is 79.9 Å². The number of benzene rings is 3. The van der Waals surface area contributed by atoms with Crippen molar-refractivity contribution in [1.82, 2.24) is 26.2 Å². The highest BCUT2D eigenvalue weighted by atomic mass is 35.5. The number of para-hydroxylation sites is 1. The van der Waals surface area contributed by atoms with Crippen molar-refractivity contribution in [1.29, 1.82) is 0 Å². The number of piperazine rings is 1. The first-order chi connectivity index (χ1) is 21.8. The number of anilines is 1. The quantitative estimate of drug-likeness (QED) is 0.255. The molecule has 0 radical (unpaired) electrons. The number of carbonyl (C=O) groups excluding carboxylic acids is 4. The second-order valence-electron chi connectivity index (χ2n) is 11.4. The smallest absolute Gasteiger partial charge is 0.253 e. The van der Waals surface area contributed by atoms with Crippen LogP contribution in [0.3, 0.4) is 0 Å². The molecule has 0 bridgehead atoms. The summed E-state index contributed by atoms with van der Waals surface area (Å²) in [5.41, 5.74) is 4.54. The van der Waals surface area contributed by atoms with Crippen molar-refractivity contribution in [2.45, 2.75) is 38.4 Å². The standard InChI is InChI=1S/C34H39ClN6O4/c1-23(42)36-14-15-37-32(43)28-8-4-5-9-31(28)40-16-18-41(19-17-40)34(45)30(20-24-10-12-27(35)13-11-24)39-33(44)29-21-25-6-2-3-7-26(25)22-38-29/h2-13,29-30,38H,14-22H2,1H3,(H,36,42)(H,37,43)(H,39,44). The topological polar surface area (TPSA) is 123 Å². The molecule has 3 aromatic rings. The molecule has 0 aromatic heterocycles. The van der Waals surface area contributed by atoms with E-state index in [1.807, 2.05) is 48.5 Å². The summed E-state index contributed by atoms with van der Waals surface area (Å²) in [6.45, 7) is 4.65. The average Bonchev–Trinajstić information content (AvgIpc) is 3.06. The second-order valence-corrected chi connectivity index (χ2v) is 11.8. The Labute approximate surface area is 268 Å². The molecule has 0 aliphatic carbocycles. The molecule has 11 heteroatoms. The zero-order valence-corrected chi connectivity index (χ0v) is 26.1. The van der Waals surface area contributed by atoms with Gasteiger partial charge in [0.15, 0.2) is 0 Å². The Morgan fingerprint density at radius 2 is 1.53 bits per heavy atom. The maximum absolute atomic E-state index is 14.0. The SMILES string of the molecule is CC(=O)NCCNC(=O)c1ccccc1N1CCN(C(=O)C(Cc2ccc(Cl)cc2)NC(=O)C2Cc3ccccc3CN2)CC1. The van der Waals surface area contributed by atoms with Crippen LogP contribution in [0.1, 0.15) is 34.0 Å². The normalized spacial score (nSPS) is 16.7. The minimum absolute atomic E-state index is 0.141. The van der Waals surface area contributed by atoms with Crippen LogP contribution in [0.5, 0.6) is 0 Å². The first kappa shape index (κ1) is 32.0. The van der Waals surface area contributed by atoms with E-state index >= 15 is 0 Å². The number of hydrogen-bond donors (Lipinski definition) is 4. The van der Waals surface area contributed by atoms with Crippen LogP contribution in [-0.2, 0) is 33.8 Å². The van der Waals surface area contributed by atoms with Gasteiger partial charge >= 0.3 is 0 Å². The largest absolute Gasteiger partial charge is 0.367 e. The number of nitrogens with one attached hydrogen (secondary N) is 4. The first-order valence-electron chi connectivity index (χ1n) is 15.3. The van der Waals surface area contributed by atoms with Gasteiger partial charge in [-0.05, 0) is 47.4 Å². The minimum Gasteiger partial charge on any atom is -0.367 e. The number of fused-ring (bicyclic) bond motifs is 1. The molecule has 0 saturated carbocycles. The van der Waals surface area contributed by atoms with Crippen LogP contribution >= 0.6 is 11.6 Å². The van der Waals surface area contributed by atoms with E-state index in [-0.39, 0.29) is 23.6 Å². The second kappa shape index (κ2) is 15.0. The fourth-order valence-electron chi connectivity index (χ4n) is 5.81. The average molecular weight is 631 g/mol. The van der Waals surface area contributed by atoms with Gasteiger partial charge in [0.05, 0.1) is 11.6 Å². The van der Waals surface area contributed by atoms with Gasteiger partial charge in [-0.3, -0.25) is 19.2 Å². The van der Waals surface area contributed by atoms with Crippen molar-refractivity contribution in [3.05, 3.63) is 100 Å². The summed E-state index contributed by atoms with van der Waals surface area (Å²) >= 11 is 6.10. The Morgan fingerprint density at radius 3 is 2.27 bits per heavy atom. The van der Waals surface area contributed by atoms with Gasteiger partial charge in [-0.15, -0.1) is 0 Å². The highest BCUT2D eigenvalue weighted by molar-refractivity contribution is 6.30. The van der Waals surface area contributed by atoms with Gasteiger partial charge in [-0.2, -0.15) is 0 Å². The first-order valence-corrected chi connectivity index (χ1v) is 15.7. The van der Waals surface area contributed by atoms with Gasteiger partial charge in [0.2, 0.25) is 17.7 Å². The molecule has 1 fully saturated rings. The Bertz CT molecular complexity index is 1520. The predicted molar refractivity (Wildman–Crippen MR) is 174 cm³/mol. The summed E-state index contributed by atoms with van der Waals surface area (Å²) in [4.78, 5) is 55.4. The number of carbonyl (C=O) groups is 4. The molecule has 2 heterocycles. The van der Waals surface area contributed by atoms with Gasteiger partial charge < -0.3 is 31.1 Å². The Balaban J connectivity index is 1.24. The van der Waals surface area contributed by atoms with E-state index in [2.05, 4.69) is 32.2 Å². The van der Waals surface area contributed by atoms with E-state index in [1.54, 1.807) is 23.1 Å². The molecule has 10 nitrogen and oxygen atoms in total. The molecule has 5 rings (SSSR count). The van der Waals surface area contributed by atoms with E-state index in [0.717, 1.165) is 16.8 Å². The zero-order chi connectivity index (χ0) is 31.8. The van der Waals surface area contributed by atoms with Crippen molar-refractivity contribution in [3.63, 3.8) is 0 Å². The maximum Gasteiger partial charge on any atom is 0.253 e. The van der Waals surface area contributed by atoms with Crippen molar-refractivity contribution in [3.8, 4) is 0 Å². The number of rotatable bonds is 10. The van der Waals surface area contributed by atoms with Crippen molar-refractivity contribution in [2.75, 3.05) is 44.2 Å². The van der Waals surface area contributed by atoms with E-state index in [1.165, 1.54) is 12.5 Å². The Morgan fingerprint density at radius 1 is 0.867 bits per heavy atom. The van der Waals surface area contributed by atoms with Crippen LogP contribution in [0.4, 0.5) is 5.69 Å². The lowest BCUT2D eigenvalue weighted by Gasteiger charge is -2.38. The van der Waals surface area contributed by atoms with Crippen LogP contribution in [0, 0.1) is 0 Å². The van der Waals surface area contributed by atoms with Gasteiger partial charge in [-0.1, -0.05) is 60.1 Å². The summed E-state index contributed by atoms with van der Waals surface area (Å²) < 4.78 is 0. The summed E-state index contributed by atoms with van der Waals surface area (Å²) in [6.07, 6.45) is 0.898. The van der Waals surface area contributed by atoms with Crippen molar-refractivity contribution in [2.24, 2.45) is 0 Å². The number of amides is 4. The molecule has 45 heavy (non-hydrogen) atoms. The molecule has 2 aliphatic rings. The molecule has 236 valence electrons. The fraction of sp³-hybridized carbons (Fsp3) is 0.353. The highest BCUT2D eigenvalue weighted by Crippen LogP contribution is 2.23. The fourth-order valence-corrected chi connectivity index (χ4v) is 5.93. The third-order valence-corrected chi connectivity index (χ3v) is 8.48. The third-order valence-electron chi connectivity index (χ3n) is 8.23. The summed E-state index contributed by atoms with van der Waals surface area (Å²) in [5, 5.41) is 12.5. The van der Waals surface area contributed by atoms with Gasteiger partial charge in [0.1, 0.15) is 6.04 Å². The zero-order valence-electron chi connectivity index (χ0n) is 25.4. The molecule has 2 atom stereocenters. The maximum atomic E-state index is 14.0. The lowest BCUT2D eigenvalue weighted by atomic mass is 9.95. The molecular formula is C34H39ClN6O4. The Kier molecular flexibility index (Phi) is 10.7. The summed E-state index contributed by atoms with van der Waals surface area (Å²) in [6, 6.07) is 21.6. The van der Waals surface area contributed by atoms with E-state index in [9.17, 15) is 19.2 Å². The number of hydrogen-bond acceptors (Lipinski definition) is 6. The monoisotopic (exact) mass is 630 g/mol. The number of halogens is 1. The van der Waals surface area contributed by atoms with E-state index < -0.39 is 12.1 Å². The molecule has 4 amide bonds. The van der Waals surface area contributed by atoms with E-state index in [0.29, 0.717) is 69.2 Å². The lowest BCUT2D eigenvalue weighted by Crippen LogP contribution is -2.58. The van der Waals surface area contributed by atoms with Crippen molar-refractivity contribution < 1.29 is 19.2 Å². The predicted octanol–water partition coefficient (Wildman–Crippen LogP) is 2.30. The minimum atomic E-state index is -0.745. The molecular weight excluding hydrogens is 592 g/mol. The third kappa shape index (κ3) is 8.40. The molecule has 4 N–H and O–H groups in total. The highest BCUT2D eigenvalue weighted by Gasteiger charge is 2.32. The summed E-state index contributed by atoms with van der Waals surface area (Å²) in [5.74, 6) is -0.713. The van der Waals surface area contributed by atoms with Crippen molar-refractivity contribution >= 4 is 40.9 Å². The molecule has 2 aliphatic heterocycles. The molecule has 1 saturated heterocycles. The van der Waals surface area contributed by atoms with Crippen LogP contribution in [0.15, 0.2) is 72.8 Å². The molecule has 3 aromatic carbocycles. The van der Waals surface area contributed by atoms with Crippen LogP contribution < -0.4 is 26.2 Å².